The molecule has 0 rings (SSSR count). The summed E-state index contributed by atoms with van der Waals surface area (Å²) in [5, 5.41) is 3.25. The summed E-state index contributed by atoms with van der Waals surface area (Å²) in [7, 11) is 2.00. The summed E-state index contributed by atoms with van der Waals surface area (Å²) < 4.78 is 0. The van der Waals surface area contributed by atoms with Crippen LogP contribution in [0.4, 0.5) is 0 Å². The normalized spacial score (nSPS) is 12.0. The Labute approximate surface area is 58.8 Å². The van der Waals surface area contributed by atoms with Crippen molar-refractivity contribution in [3.8, 4) is 0 Å². The number of hydrogen-bond acceptors (Lipinski definition) is 1. The van der Waals surface area contributed by atoms with Gasteiger partial charge in [0, 0.05) is 5.54 Å². The lowest BCUT2D eigenvalue weighted by molar-refractivity contribution is 0.383. The number of hydrogen-bond donors (Lipinski definition) is 1. The highest BCUT2D eigenvalue weighted by Gasteiger charge is 2.12. The van der Waals surface area contributed by atoms with E-state index in [4.69, 9.17) is 0 Å². The summed E-state index contributed by atoms with van der Waals surface area (Å²) in [6.45, 7) is 8.22. The Balaban J connectivity index is 3.33. The van der Waals surface area contributed by atoms with Crippen molar-refractivity contribution in [1.82, 2.24) is 5.32 Å². The molecule has 0 aromatic rings. The van der Waals surface area contributed by atoms with E-state index in [1.54, 1.807) is 0 Å². The fourth-order valence-electron chi connectivity index (χ4n) is 0.692. The van der Waals surface area contributed by atoms with Crippen LogP contribution in [0, 0.1) is 6.92 Å². The molecule has 0 bridgehead atoms. The summed E-state index contributed by atoms with van der Waals surface area (Å²) in [5.74, 6) is 0. The first kappa shape index (κ1) is 8.96. The van der Waals surface area contributed by atoms with Gasteiger partial charge in [-0.1, -0.05) is 19.8 Å². The largest absolute Gasteiger partial charge is 0.315 e. The van der Waals surface area contributed by atoms with E-state index in [-0.39, 0.29) is 0 Å². The maximum absolute atomic E-state index is 3.80. The van der Waals surface area contributed by atoms with E-state index in [2.05, 4.69) is 26.1 Å². The molecule has 1 nitrogen and oxygen atoms in total. The topological polar surface area (TPSA) is 12.0 Å². The number of unbranched alkanes of at least 4 members (excludes halogenated alkanes) is 1. The molecule has 0 aliphatic heterocycles. The maximum atomic E-state index is 3.80. The average molecular weight is 128 g/mol. The van der Waals surface area contributed by atoms with Crippen molar-refractivity contribution < 1.29 is 0 Å². The first-order chi connectivity index (χ1) is 4.12. The zero-order valence-corrected chi connectivity index (χ0v) is 6.83. The molecule has 0 aliphatic carbocycles. The van der Waals surface area contributed by atoms with E-state index >= 15 is 0 Å². The predicted octanol–water partition coefficient (Wildman–Crippen LogP) is 1.99. The minimum atomic E-state index is 0.303. The molecule has 1 radical (unpaired) electrons. The van der Waals surface area contributed by atoms with Crippen LogP contribution in [-0.2, 0) is 0 Å². The lowest BCUT2D eigenvalue weighted by Gasteiger charge is -2.23. The predicted molar refractivity (Wildman–Crippen MR) is 42.3 cm³/mol. The summed E-state index contributed by atoms with van der Waals surface area (Å²) in [5.41, 5.74) is 0.303. The van der Waals surface area contributed by atoms with Gasteiger partial charge in [-0.3, -0.25) is 0 Å². The van der Waals surface area contributed by atoms with Crippen LogP contribution in [0.1, 0.15) is 33.1 Å². The van der Waals surface area contributed by atoms with Gasteiger partial charge >= 0.3 is 0 Å². The van der Waals surface area contributed by atoms with Crippen molar-refractivity contribution in [3.05, 3.63) is 6.92 Å². The van der Waals surface area contributed by atoms with Crippen molar-refractivity contribution in [2.24, 2.45) is 0 Å². The second-order valence-electron chi connectivity index (χ2n) is 3.09. The Morgan fingerprint density at radius 1 is 1.44 bits per heavy atom. The zero-order chi connectivity index (χ0) is 7.33. The van der Waals surface area contributed by atoms with Gasteiger partial charge in [0.1, 0.15) is 0 Å². The Bertz CT molecular complexity index is 67.0. The quantitative estimate of drug-likeness (QED) is 0.610. The van der Waals surface area contributed by atoms with Crippen molar-refractivity contribution in [2.45, 2.75) is 38.6 Å². The maximum Gasteiger partial charge on any atom is 0.0122 e. The van der Waals surface area contributed by atoms with Gasteiger partial charge in [0.05, 0.1) is 0 Å². The van der Waals surface area contributed by atoms with Crippen LogP contribution in [0.25, 0.3) is 0 Å². The zero-order valence-electron chi connectivity index (χ0n) is 6.83. The van der Waals surface area contributed by atoms with Crippen LogP contribution < -0.4 is 5.32 Å². The molecule has 0 heterocycles. The molecule has 9 heavy (non-hydrogen) atoms. The highest BCUT2D eigenvalue weighted by molar-refractivity contribution is 4.74. The van der Waals surface area contributed by atoms with Gasteiger partial charge in [-0.15, -0.1) is 0 Å². The van der Waals surface area contributed by atoms with E-state index in [9.17, 15) is 0 Å². The summed E-state index contributed by atoms with van der Waals surface area (Å²) in [6, 6.07) is 0. The van der Waals surface area contributed by atoms with Crippen LogP contribution in [0.3, 0.4) is 0 Å². The van der Waals surface area contributed by atoms with Gasteiger partial charge < -0.3 is 5.32 Å². The van der Waals surface area contributed by atoms with Crippen LogP contribution in [-0.4, -0.2) is 12.6 Å². The molecule has 0 aromatic carbocycles. The van der Waals surface area contributed by atoms with Crippen molar-refractivity contribution >= 4 is 0 Å². The van der Waals surface area contributed by atoms with Crippen LogP contribution in [0.2, 0.25) is 0 Å². The Hall–Kier alpha value is -0.0400. The molecule has 0 atom stereocenters. The van der Waals surface area contributed by atoms with Gasteiger partial charge in [-0.05, 0) is 27.3 Å². The van der Waals surface area contributed by atoms with Gasteiger partial charge in [0.2, 0.25) is 0 Å². The third-order valence-electron chi connectivity index (χ3n) is 1.73. The lowest BCUT2D eigenvalue weighted by atomic mass is 9.98. The molecule has 0 unspecified atom stereocenters. The summed E-state index contributed by atoms with van der Waals surface area (Å²) >= 11 is 0. The highest BCUT2D eigenvalue weighted by Crippen LogP contribution is 2.10. The molecule has 0 saturated carbocycles. The molecule has 1 N–H and O–H groups in total. The van der Waals surface area contributed by atoms with E-state index in [1.807, 2.05) is 7.05 Å². The van der Waals surface area contributed by atoms with Crippen LogP contribution >= 0.6 is 0 Å². The van der Waals surface area contributed by atoms with Crippen LogP contribution in [0.15, 0.2) is 0 Å². The van der Waals surface area contributed by atoms with E-state index < -0.39 is 0 Å². The Morgan fingerprint density at radius 2 is 2.00 bits per heavy atom. The third kappa shape index (κ3) is 4.46. The second kappa shape index (κ2) is 3.89. The van der Waals surface area contributed by atoms with Gasteiger partial charge in [0.25, 0.3) is 0 Å². The molecular weight excluding hydrogens is 110 g/mol. The molecule has 0 aromatic heterocycles. The SMILES string of the molecule is [CH2]CCCC(C)(C)NC. The van der Waals surface area contributed by atoms with Gasteiger partial charge in [-0.25, -0.2) is 0 Å². The van der Waals surface area contributed by atoms with Gasteiger partial charge in [-0.2, -0.15) is 0 Å². The van der Waals surface area contributed by atoms with E-state index in [0.29, 0.717) is 5.54 Å². The molecule has 0 spiro atoms. The summed E-state index contributed by atoms with van der Waals surface area (Å²) in [4.78, 5) is 0. The fourth-order valence-corrected chi connectivity index (χ4v) is 0.692. The summed E-state index contributed by atoms with van der Waals surface area (Å²) in [6.07, 6.45) is 3.48. The Morgan fingerprint density at radius 3 is 2.33 bits per heavy atom. The first-order valence-corrected chi connectivity index (χ1v) is 3.60. The van der Waals surface area contributed by atoms with Crippen molar-refractivity contribution in [1.29, 1.82) is 0 Å². The van der Waals surface area contributed by atoms with Crippen molar-refractivity contribution in [3.63, 3.8) is 0 Å². The molecular formula is C8H18N. The van der Waals surface area contributed by atoms with Gasteiger partial charge in [0.15, 0.2) is 0 Å². The highest BCUT2D eigenvalue weighted by atomic mass is 14.9. The smallest absolute Gasteiger partial charge is 0.0122 e. The molecule has 1 heteroatoms. The molecule has 0 fully saturated rings. The fraction of sp³-hybridized carbons (Fsp3) is 0.875. The average Bonchev–Trinajstić information content (AvgIpc) is 1.84. The number of rotatable bonds is 4. The lowest BCUT2D eigenvalue weighted by Crippen LogP contribution is -2.35. The monoisotopic (exact) mass is 128 g/mol. The van der Waals surface area contributed by atoms with E-state index in [1.165, 1.54) is 12.8 Å². The molecule has 0 amide bonds. The van der Waals surface area contributed by atoms with Crippen LogP contribution in [0.5, 0.6) is 0 Å². The first-order valence-electron chi connectivity index (χ1n) is 3.60. The van der Waals surface area contributed by atoms with E-state index in [0.717, 1.165) is 6.42 Å². The van der Waals surface area contributed by atoms with Crippen molar-refractivity contribution in [2.75, 3.05) is 7.05 Å². The third-order valence-corrected chi connectivity index (χ3v) is 1.73. The number of nitrogens with one attached hydrogen (secondary N) is 1. The Kier molecular flexibility index (Phi) is 3.87. The standard InChI is InChI=1S/C8H18N/c1-5-6-7-8(2,3)9-4/h9H,1,5-7H2,2-4H3. The minimum Gasteiger partial charge on any atom is -0.315 e. The molecule has 0 saturated heterocycles. The molecule has 55 valence electrons. The molecule has 0 aliphatic rings. The minimum absolute atomic E-state index is 0.303. The second-order valence-corrected chi connectivity index (χ2v) is 3.09.